The first-order chi connectivity index (χ1) is 19.2. The number of nitrogens with one attached hydrogen (secondary N) is 5. The molecule has 0 spiro atoms. The summed E-state index contributed by atoms with van der Waals surface area (Å²) in [6, 6.07) is 11.9. The van der Waals surface area contributed by atoms with E-state index in [1.807, 2.05) is 24.3 Å². The van der Waals surface area contributed by atoms with Gasteiger partial charge < -0.3 is 19.7 Å². The van der Waals surface area contributed by atoms with Crippen LogP contribution in [0.2, 0.25) is 0 Å². The lowest BCUT2D eigenvalue weighted by Gasteiger charge is -2.35. The molecule has 2 aromatic carbocycles. The van der Waals surface area contributed by atoms with E-state index < -0.39 is 29.6 Å². The largest absolute Gasteiger partial charge is 0.444 e. The van der Waals surface area contributed by atoms with Crippen LogP contribution in [-0.4, -0.2) is 59.9 Å². The third-order valence-electron chi connectivity index (χ3n) is 6.64. The van der Waals surface area contributed by atoms with Gasteiger partial charge in [-0.25, -0.2) is 14.8 Å². The second kappa shape index (κ2) is 9.56. The molecule has 0 saturated heterocycles. The van der Waals surface area contributed by atoms with E-state index in [0.29, 0.717) is 41.2 Å². The van der Waals surface area contributed by atoms with Crippen LogP contribution in [0.5, 0.6) is 0 Å². The van der Waals surface area contributed by atoms with Crippen LogP contribution in [0.1, 0.15) is 48.4 Å². The summed E-state index contributed by atoms with van der Waals surface area (Å²) >= 11 is 0. The minimum Gasteiger partial charge on any atom is -0.444 e. The Morgan fingerprint density at radius 1 is 1.00 bits per heavy atom. The fourth-order valence-corrected chi connectivity index (χ4v) is 5.00. The van der Waals surface area contributed by atoms with Crippen LogP contribution >= 0.6 is 0 Å². The van der Waals surface area contributed by atoms with E-state index in [1.54, 1.807) is 45.2 Å². The van der Waals surface area contributed by atoms with Gasteiger partial charge in [-0.15, -0.1) is 0 Å². The maximum absolute atomic E-state index is 13.9. The number of carbonyl (C=O) groups is 3. The Balaban J connectivity index is 1.33. The molecule has 5 aromatic rings. The van der Waals surface area contributed by atoms with Crippen LogP contribution in [0.3, 0.4) is 0 Å². The van der Waals surface area contributed by atoms with Crippen molar-refractivity contribution in [2.45, 2.75) is 38.8 Å². The molecule has 3 aromatic heterocycles. The minimum atomic E-state index is -0.985. The first-order valence-electron chi connectivity index (χ1n) is 12.9. The zero-order valence-electron chi connectivity index (χ0n) is 22.2. The van der Waals surface area contributed by atoms with Crippen molar-refractivity contribution < 1.29 is 19.1 Å². The van der Waals surface area contributed by atoms with Crippen molar-refractivity contribution >= 4 is 51.7 Å². The number of fused-ring (bicyclic) bond motifs is 4. The molecule has 0 aliphatic carbocycles. The molecule has 0 unspecified atom stereocenters. The summed E-state index contributed by atoms with van der Waals surface area (Å²) in [5.74, 6) is -0.430. The number of amides is 3. The predicted octanol–water partition coefficient (Wildman–Crippen LogP) is 4.49. The molecule has 5 N–H and O–H groups in total. The van der Waals surface area contributed by atoms with Gasteiger partial charge in [0.25, 0.3) is 11.8 Å². The number of hydrogen-bond donors (Lipinski definition) is 5. The van der Waals surface area contributed by atoms with E-state index >= 15 is 0 Å². The van der Waals surface area contributed by atoms with Crippen LogP contribution < -0.4 is 10.6 Å². The van der Waals surface area contributed by atoms with Gasteiger partial charge in [-0.3, -0.25) is 25.1 Å². The molecule has 4 heterocycles. The maximum Gasteiger partial charge on any atom is 0.411 e. The lowest BCUT2D eigenvalue weighted by Crippen LogP contribution is -2.47. The number of nitrogens with zero attached hydrogens (tertiary/aromatic N) is 3. The maximum atomic E-state index is 13.9. The monoisotopic (exact) mass is 540 g/mol. The van der Waals surface area contributed by atoms with Crippen LogP contribution in [0.25, 0.3) is 21.9 Å². The van der Waals surface area contributed by atoms with Gasteiger partial charge in [0, 0.05) is 29.8 Å². The summed E-state index contributed by atoms with van der Waals surface area (Å²) in [5, 5.41) is 6.51. The van der Waals surface area contributed by atoms with Gasteiger partial charge in [0.1, 0.15) is 11.1 Å². The number of aromatic amines is 3. The minimum absolute atomic E-state index is 0.144. The lowest BCUT2D eigenvalue weighted by molar-refractivity contribution is -0.122. The van der Waals surface area contributed by atoms with Gasteiger partial charge in [0.05, 0.1) is 16.8 Å². The van der Waals surface area contributed by atoms with E-state index in [2.05, 4.69) is 35.6 Å². The molecule has 12 heteroatoms. The normalized spacial score (nSPS) is 15.2. The third-order valence-corrected chi connectivity index (χ3v) is 6.64. The molecule has 3 amide bonds. The Kier molecular flexibility index (Phi) is 6.01. The summed E-state index contributed by atoms with van der Waals surface area (Å²) in [7, 11) is 0. The molecule has 0 bridgehead atoms. The third kappa shape index (κ3) is 4.64. The molecule has 0 radical (unpaired) electrons. The number of H-pyrrole nitrogens is 3. The molecule has 1 aliphatic heterocycles. The average Bonchev–Trinajstić information content (AvgIpc) is 3.64. The van der Waals surface area contributed by atoms with Crippen molar-refractivity contribution in [1.29, 1.82) is 0 Å². The summed E-state index contributed by atoms with van der Waals surface area (Å²) in [6.45, 7) is 5.66. The van der Waals surface area contributed by atoms with E-state index in [0.717, 1.165) is 16.5 Å². The van der Waals surface area contributed by atoms with Gasteiger partial charge >= 0.3 is 6.09 Å². The van der Waals surface area contributed by atoms with Gasteiger partial charge in [-0.05, 0) is 51.0 Å². The Labute approximate surface area is 228 Å². The number of rotatable bonds is 4. The second-order valence-electron chi connectivity index (χ2n) is 10.6. The number of anilines is 2. The molecule has 1 atom stereocenters. The Bertz CT molecular complexity index is 1750. The molecule has 0 fully saturated rings. The fraction of sp³-hybridized carbons (Fsp3) is 0.250. The molecule has 1 aliphatic rings. The van der Waals surface area contributed by atoms with Crippen LogP contribution in [0, 0.1) is 0 Å². The fourth-order valence-electron chi connectivity index (χ4n) is 5.00. The molecular weight excluding hydrogens is 512 g/mol. The standard InChI is InChI=1S/C28H28N8O4/c1-28(2,3)40-27(39)36-14-11-16-15-7-4-5-9-18(15)31-21(16)22(36)24(38)35-26-32-19-10-6-8-17(20(19)33-26)23(37)34-25-29-12-13-30-25/h4-10,12-13,22,31H,11,14H2,1-3H3,(H2,29,30,34,37)(H2,32,33,35,38)/t22-/m0/s1. The van der Waals surface area contributed by atoms with Crippen molar-refractivity contribution in [2.75, 3.05) is 17.2 Å². The van der Waals surface area contributed by atoms with Gasteiger partial charge in [-0.2, -0.15) is 0 Å². The second-order valence-corrected chi connectivity index (χ2v) is 10.6. The highest BCUT2D eigenvalue weighted by Gasteiger charge is 2.40. The highest BCUT2D eigenvalue weighted by Crippen LogP contribution is 2.36. The summed E-state index contributed by atoms with van der Waals surface area (Å²) in [4.78, 5) is 59.2. The first-order valence-corrected chi connectivity index (χ1v) is 12.9. The summed E-state index contributed by atoms with van der Waals surface area (Å²) in [5.41, 5.74) is 3.00. The average molecular weight is 541 g/mol. The SMILES string of the molecule is CC(C)(C)OC(=O)N1CCc2c([nH]c3ccccc23)[C@H]1C(=O)Nc1nc2c(C(=O)Nc3ncc[nH]3)cccc2[nH]1. The van der Waals surface area contributed by atoms with Crippen molar-refractivity contribution in [3.8, 4) is 0 Å². The van der Waals surface area contributed by atoms with Crippen LogP contribution in [-0.2, 0) is 16.0 Å². The molecule has 40 heavy (non-hydrogen) atoms. The Morgan fingerprint density at radius 3 is 2.58 bits per heavy atom. The number of carbonyl (C=O) groups excluding carboxylic acids is 3. The van der Waals surface area contributed by atoms with Crippen molar-refractivity contribution in [2.24, 2.45) is 0 Å². The zero-order chi connectivity index (χ0) is 28.0. The first kappa shape index (κ1) is 25.2. The molecule has 6 rings (SSSR count). The highest BCUT2D eigenvalue weighted by atomic mass is 16.6. The number of benzene rings is 2. The number of hydrogen-bond acceptors (Lipinski definition) is 6. The van der Waals surface area contributed by atoms with Crippen molar-refractivity contribution in [1.82, 2.24) is 29.8 Å². The Morgan fingerprint density at radius 2 is 1.80 bits per heavy atom. The smallest absolute Gasteiger partial charge is 0.411 e. The lowest BCUT2D eigenvalue weighted by atomic mass is 9.97. The van der Waals surface area contributed by atoms with Crippen molar-refractivity contribution in [3.63, 3.8) is 0 Å². The highest BCUT2D eigenvalue weighted by molar-refractivity contribution is 6.11. The van der Waals surface area contributed by atoms with E-state index in [-0.39, 0.29) is 5.95 Å². The van der Waals surface area contributed by atoms with Crippen molar-refractivity contribution in [3.05, 3.63) is 71.7 Å². The number of imidazole rings is 2. The summed E-state index contributed by atoms with van der Waals surface area (Å²) < 4.78 is 5.65. The number of ether oxygens (including phenoxy) is 1. The zero-order valence-corrected chi connectivity index (χ0v) is 22.2. The quantitative estimate of drug-likeness (QED) is 0.226. The topological polar surface area (TPSA) is 161 Å². The number of para-hydroxylation sites is 2. The molecule has 0 saturated carbocycles. The van der Waals surface area contributed by atoms with E-state index in [4.69, 9.17) is 4.74 Å². The van der Waals surface area contributed by atoms with E-state index in [9.17, 15) is 14.4 Å². The van der Waals surface area contributed by atoms with Crippen LogP contribution in [0.15, 0.2) is 54.9 Å². The van der Waals surface area contributed by atoms with Gasteiger partial charge in [-0.1, -0.05) is 24.3 Å². The molecular formula is C28H28N8O4. The van der Waals surface area contributed by atoms with Gasteiger partial charge in [0.2, 0.25) is 11.9 Å². The van der Waals surface area contributed by atoms with Crippen LogP contribution in [0.4, 0.5) is 16.7 Å². The van der Waals surface area contributed by atoms with E-state index in [1.165, 1.54) is 11.1 Å². The number of aromatic nitrogens is 5. The molecule has 204 valence electrons. The predicted molar refractivity (Wildman–Crippen MR) is 149 cm³/mol. The molecule has 12 nitrogen and oxygen atoms in total. The van der Waals surface area contributed by atoms with Gasteiger partial charge in [0.15, 0.2) is 6.04 Å². The Hall–Kier alpha value is -5.13. The summed E-state index contributed by atoms with van der Waals surface area (Å²) in [6.07, 6.45) is 3.12.